The van der Waals surface area contributed by atoms with E-state index in [2.05, 4.69) is 22.5 Å². The van der Waals surface area contributed by atoms with Gasteiger partial charge in [0.2, 0.25) is 0 Å². The molecule has 20 heavy (non-hydrogen) atoms. The first-order valence-electron chi connectivity index (χ1n) is 6.89. The fourth-order valence-electron chi connectivity index (χ4n) is 2.16. The summed E-state index contributed by atoms with van der Waals surface area (Å²) in [5.74, 6) is 0. The Bertz CT molecular complexity index is 498. The van der Waals surface area contributed by atoms with Crippen molar-refractivity contribution in [3.8, 4) is 5.69 Å². The minimum Gasteiger partial charge on any atom is -0.383 e. The maximum Gasteiger partial charge on any atom is 0.0666 e. The van der Waals surface area contributed by atoms with Gasteiger partial charge in [-0.15, -0.1) is 0 Å². The quantitative estimate of drug-likeness (QED) is 0.773. The van der Waals surface area contributed by atoms with E-state index >= 15 is 0 Å². The van der Waals surface area contributed by atoms with Crippen LogP contribution >= 0.6 is 0 Å². The van der Waals surface area contributed by atoms with Crippen LogP contribution in [0.15, 0.2) is 42.7 Å². The smallest absolute Gasteiger partial charge is 0.0666 e. The van der Waals surface area contributed by atoms with Crippen molar-refractivity contribution < 1.29 is 4.74 Å². The van der Waals surface area contributed by atoms with Crippen molar-refractivity contribution in [2.75, 3.05) is 25.6 Å². The molecular weight excluding hydrogens is 252 g/mol. The summed E-state index contributed by atoms with van der Waals surface area (Å²) >= 11 is 0. The number of rotatable bonds is 8. The van der Waals surface area contributed by atoms with E-state index in [-0.39, 0.29) is 6.04 Å². The lowest BCUT2D eigenvalue weighted by Crippen LogP contribution is -2.25. The zero-order chi connectivity index (χ0) is 14.2. The number of methoxy groups -OCH3 is 1. The second kappa shape index (κ2) is 7.67. The number of hydrogen-bond donors (Lipinski definition) is 2. The van der Waals surface area contributed by atoms with Gasteiger partial charge in [-0.1, -0.05) is 6.07 Å². The fraction of sp³-hybridized carbons (Fsp3) is 0.400. The molecule has 1 unspecified atom stereocenters. The van der Waals surface area contributed by atoms with Crippen LogP contribution in [-0.4, -0.2) is 36.1 Å². The van der Waals surface area contributed by atoms with Crippen LogP contribution in [0.3, 0.4) is 0 Å². The summed E-state index contributed by atoms with van der Waals surface area (Å²) in [6, 6.07) is 10.4. The number of nitrogens with one attached hydrogen (secondary N) is 1. The summed E-state index contributed by atoms with van der Waals surface area (Å²) < 4.78 is 7.10. The Kier molecular flexibility index (Phi) is 5.58. The molecule has 0 spiro atoms. The third kappa shape index (κ3) is 4.08. The maximum atomic E-state index is 5.57. The Morgan fingerprint density at radius 3 is 3.00 bits per heavy atom. The molecule has 3 N–H and O–H groups in total. The van der Waals surface area contributed by atoms with Gasteiger partial charge in [0, 0.05) is 31.2 Å². The van der Waals surface area contributed by atoms with Crippen LogP contribution in [-0.2, 0) is 4.74 Å². The van der Waals surface area contributed by atoms with Gasteiger partial charge in [-0.3, -0.25) is 0 Å². The van der Waals surface area contributed by atoms with E-state index in [0.717, 1.165) is 24.2 Å². The molecule has 5 nitrogen and oxygen atoms in total. The molecule has 0 saturated heterocycles. The highest BCUT2D eigenvalue weighted by Gasteiger charge is 2.08. The summed E-state index contributed by atoms with van der Waals surface area (Å²) in [5, 5.41) is 7.74. The SMILES string of the molecule is COCC(CCCN)Nc1cccc(-n2cccn2)c1. The van der Waals surface area contributed by atoms with Crippen LogP contribution in [0.4, 0.5) is 5.69 Å². The fourth-order valence-corrected chi connectivity index (χ4v) is 2.16. The Morgan fingerprint density at radius 1 is 1.40 bits per heavy atom. The van der Waals surface area contributed by atoms with Crippen molar-refractivity contribution in [3.05, 3.63) is 42.7 Å². The van der Waals surface area contributed by atoms with E-state index in [9.17, 15) is 0 Å². The topological polar surface area (TPSA) is 65.1 Å². The van der Waals surface area contributed by atoms with E-state index in [1.54, 1.807) is 13.3 Å². The second-order valence-corrected chi connectivity index (χ2v) is 4.73. The third-order valence-electron chi connectivity index (χ3n) is 3.11. The molecule has 0 radical (unpaired) electrons. The largest absolute Gasteiger partial charge is 0.383 e. The number of nitrogens with two attached hydrogens (primary N) is 1. The van der Waals surface area contributed by atoms with Gasteiger partial charge in [0.15, 0.2) is 0 Å². The molecule has 0 amide bonds. The minimum atomic E-state index is 0.274. The van der Waals surface area contributed by atoms with E-state index in [4.69, 9.17) is 10.5 Å². The van der Waals surface area contributed by atoms with Crippen molar-refractivity contribution in [1.82, 2.24) is 9.78 Å². The van der Waals surface area contributed by atoms with Crippen molar-refractivity contribution in [3.63, 3.8) is 0 Å². The van der Waals surface area contributed by atoms with Crippen LogP contribution in [0.1, 0.15) is 12.8 Å². The lowest BCUT2D eigenvalue weighted by molar-refractivity contribution is 0.182. The van der Waals surface area contributed by atoms with Gasteiger partial charge in [-0.05, 0) is 43.7 Å². The third-order valence-corrected chi connectivity index (χ3v) is 3.11. The minimum absolute atomic E-state index is 0.274. The highest BCUT2D eigenvalue weighted by atomic mass is 16.5. The first-order chi connectivity index (χ1) is 9.83. The van der Waals surface area contributed by atoms with E-state index < -0.39 is 0 Å². The standard InChI is InChI=1S/C15H22N4O/c1-20-12-14(6-3-8-16)18-13-5-2-7-15(11-13)19-10-4-9-17-19/h2,4-5,7,9-11,14,18H,3,6,8,12,16H2,1H3. The van der Waals surface area contributed by atoms with Crippen molar-refractivity contribution in [2.45, 2.75) is 18.9 Å². The summed E-state index contributed by atoms with van der Waals surface area (Å²) in [4.78, 5) is 0. The molecule has 108 valence electrons. The zero-order valence-corrected chi connectivity index (χ0v) is 11.8. The number of anilines is 1. The summed E-state index contributed by atoms with van der Waals surface area (Å²) in [5.41, 5.74) is 7.68. The first-order valence-corrected chi connectivity index (χ1v) is 6.89. The lowest BCUT2D eigenvalue weighted by Gasteiger charge is -2.19. The molecular formula is C15H22N4O. The molecule has 1 aromatic carbocycles. The summed E-state index contributed by atoms with van der Waals surface area (Å²) in [6.45, 7) is 1.38. The molecule has 0 aliphatic carbocycles. The molecule has 1 atom stereocenters. The van der Waals surface area contributed by atoms with Gasteiger partial charge in [-0.2, -0.15) is 5.10 Å². The molecule has 0 fully saturated rings. The van der Waals surface area contributed by atoms with E-state index in [1.165, 1.54) is 0 Å². The zero-order valence-electron chi connectivity index (χ0n) is 11.8. The van der Waals surface area contributed by atoms with Crippen LogP contribution in [0.25, 0.3) is 5.69 Å². The van der Waals surface area contributed by atoms with Gasteiger partial charge in [0.1, 0.15) is 0 Å². The second-order valence-electron chi connectivity index (χ2n) is 4.73. The Hall–Kier alpha value is -1.85. The number of aromatic nitrogens is 2. The van der Waals surface area contributed by atoms with E-state index in [0.29, 0.717) is 13.2 Å². The number of ether oxygens (including phenoxy) is 1. The van der Waals surface area contributed by atoms with Crippen LogP contribution in [0.5, 0.6) is 0 Å². The molecule has 1 heterocycles. The van der Waals surface area contributed by atoms with Gasteiger partial charge in [0.05, 0.1) is 12.3 Å². The lowest BCUT2D eigenvalue weighted by atomic mass is 10.1. The van der Waals surface area contributed by atoms with Gasteiger partial charge < -0.3 is 15.8 Å². The molecule has 2 rings (SSSR count). The normalized spacial score (nSPS) is 12.3. The highest BCUT2D eigenvalue weighted by molar-refractivity contribution is 5.51. The Morgan fingerprint density at radius 2 is 2.30 bits per heavy atom. The first kappa shape index (κ1) is 14.6. The van der Waals surface area contributed by atoms with Crippen LogP contribution in [0, 0.1) is 0 Å². The number of benzene rings is 1. The monoisotopic (exact) mass is 274 g/mol. The van der Waals surface area contributed by atoms with Crippen molar-refractivity contribution in [1.29, 1.82) is 0 Å². The van der Waals surface area contributed by atoms with Crippen LogP contribution < -0.4 is 11.1 Å². The van der Waals surface area contributed by atoms with Gasteiger partial charge >= 0.3 is 0 Å². The molecule has 1 aromatic heterocycles. The molecule has 2 aromatic rings. The summed E-state index contributed by atoms with van der Waals surface area (Å²) in [7, 11) is 1.72. The summed E-state index contributed by atoms with van der Waals surface area (Å²) in [6.07, 6.45) is 5.69. The Labute approximate surface area is 119 Å². The number of hydrogen-bond acceptors (Lipinski definition) is 4. The predicted molar refractivity (Wildman–Crippen MR) is 81.1 cm³/mol. The van der Waals surface area contributed by atoms with Crippen molar-refractivity contribution in [2.24, 2.45) is 5.73 Å². The average molecular weight is 274 g/mol. The van der Waals surface area contributed by atoms with Gasteiger partial charge in [-0.25, -0.2) is 4.68 Å². The number of nitrogens with zero attached hydrogens (tertiary/aromatic N) is 2. The molecule has 0 aliphatic heterocycles. The molecule has 0 saturated carbocycles. The molecule has 0 bridgehead atoms. The molecule has 0 aliphatic rings. The van der Waals surface area contributed by atoms with E-state index in [1.807, 2.05) is 29.1 Å². The highest BCUT2D eigenvalue weighted by Crippen LogP contribution is 2.16. The maximum absolute atomic E-state index is 5.57. The van der Waals surface area contributed by atoms with Crippen LogP contribution in [0.2, 0.25) is 0 Å². The molecule has 5 heteroatoms. The van der Waals surface area contributed by atoms with Gasteiger partial charge in [0.25, 0.3) is 0 Å². The predicted octanol–water partition coefficient (Wildman–Crippen LogP) is 2.04. The van der Waals surface area contributed by atoms with Crippen molar-refractivity contribution >= 4 is 5.69 Å². The average Bonchev–Trinajstić information content (AvgIpc) is 2.99. The Balaban J connectivity index is 2.05.